The van der Waals surface area contributed by atoms with Crippen LogP contribution in [0.2, 0.25) is 15.1 Å². The molecule has 98 valence electrons. The van der Waals surface area contributed by atoms with Crippen molar-refractivity contribution in [3.63, 3.8) is 0 Å². The maximum absolute atomic E-state index is 10.6. The molecular weight excluding hydrogens is 314 g/mol. The number of halogens is 3. The van der Waals surface area contributed by atoms with Crippen LogP contribution in [0.4, 0.5) is 5.69 Å². The molecule has 0 bridgehead atoms. The van der Waals surface area contributed by atoms with Crippen LogP contribution < -0.4 is 4.74 Å². The average molecular weight is 320 g/mol. The zero-order valence-corrected chi connectivity index (χ0v) is 11.4. The first-order valence-corrected chi connectivity index (χ1v) is 6.02. The van der Waals surface area contributed by atoms with Gasteiger partial charge in [-0.3, -0.25) is 15.1 Å². The maximum atomic E-state index is 10.6. The molecule has 1 heterocycles. The van der Waals surface area contributed by atoms with E-state index in [0.29, 0.717) is 10.8 Å². The highest BCUT2D eigenvalue weighted by atomic mass is 35.5. The first kappa shape index (κ1) is 13.9. The highest BCUT2D eigenvalue weighted by Gasteiger charge is 2.16. The molecule has 2 rings (SSSR count). The van der Waals surface area contributed by atoms with Gasteiger partial charge in [0.25, 0.3) is 5.69 Å². The number of ether oxygens (including phenoxy) is 1. The summed E-state index contributed by atoms with van der Waals surface area (Å²) >= 11 is 17.6. The SMILES string of the molecule is O=[N+]([O-])c1cc(Cl)c(Oc2cncc(Cl)c2)c(Cl)c1. The number of nitro groups is 1. The normalized spacial score (nSPS) is 10.3. The molecule has 0 N–H and O–H groups in total. The second-order valence-electron chi connectivity index (χ2n) is 3.44. The minimum atomic E-state index is -0.595. The van der Waals surface area contributed by atoms with Crippen molar-refractivity contribution in [2.24, 2.45) is 0 Å². The van der Waals surface area contributed by atoms with E-state index in [1.165, 1.54) is 18.5 Å². The fraction of sp³-hybridized carbons (Fsp3) is 0. The van der Waals surface area contributed by atoms with Crippen LogP contribution >= 0.6 is 34.8 Å². The van der Waals surface area contributed by atoms with Gasteiger partial charge in [0.15, 0.2) is 5.75 Å². The number of nitro benzene ring substituents is 1. The summed E-state index contributed by atoms with van der Waals surface area (Å²) in [4.78, 5) is 13.9. The fourth-order valence-electron chi connectivity index (χ4n) is 1.32. The average Bonchev–Trinajstić information content (AvgIpc) is 2.33. The van der Waals surface area contributed by atoms with Crippen molar-refractivity contribution in [1.82, 2.24) is 4.98 Å². The Morgan fingerprint density at radius 1 is 1.11 bits per heavy atom. The lowest BCUT2D eigenvalue weighted by Crippen LogP contribution is -1.92. The molecule has 0 aliphatic heterocycles. The van der Waals surface area contributed by atoms with Gasteiger partial charge in [-0.15, -0.1) is 0 Å². The third kappa shape index (κ3) is 3.26. The first-order chi connectivity index (χ1) is 8.97. The smallest absolute Gasteiger partial charge is 0.272 e. The highest BCUT2D eigenvalue weighted by Crippen LogP contribution is 2.39. The topological polar surface area (TPSA) is 65.3 Å². The summed E-state index contributed by atoms with van der Waals surface area (Å²) in [6.07, 6.45) is 2.85. The van der Waals surface area contributed by atoms with Gasteiger partial charge in [0.2, 0.25) is 0 Å². The van der Waals surface area contributed by atoms with Gasteiger partial charge in [0.05, 0.1) is 26.2 Å². The van der Waals surface area contributed by atoms with Gasteiger partial charge in [0.1, 0.15) is 5.75 Å². The zero-order chi connectivity index (χ0) is 14.0. The third-order valence-corrected chi connectivity index (χ3v) is 2.86. The van der Waals surface area contributed by atoms with E-state index in [1.54, 1.807) is 0 Å². The summed E-state index contributed by atoms with van der Waals surface area (Å²) in [7, 11) is 0. The van der Waals surface area contributed by atoms with Gasteiger partial charge >= 0.3 is 0 Å². The van der Waals surface area contributed by atoms with E-state index >= 15 is 0 Å². The van der Waals surface area contributed by atoms with Crippen LogP contribution in [0.25, 0.3) is 0 Å². The van der Waals surface area contributed by atoms with Crippen LogP contribution in [0.5, 0.6) is 11.5 Å². The van der Waals surface area contributed by atoms with Crippen LogP contribution in [-0.4, -0.2) is 9.91 Å². The molecule has 0 saturated carbocycles. The lowest BCUT2D eigenvalue weighted by atomic mass is 10.3. The molecule has 19 heavy (non-hydrogen) atoms. The van der Waals surface area contributed by atoms with Gasteiger partial charge in [-0.25, -0.2) is 0 Å². The van der Waals surface area contributed by atoms with Crippen LogP contribution in [0.15, 0.2) is 30.6 Å². The van der Waals surface area contributed by atoms with E-state index in [0.717, 1.165) is 12.1 Å². The molecule has 0 saturated heterocycles. The van der Waals surface area contributed by atoms with Crippen molar-refractivity contribution >= 4 is 40.5 Å². The number of nitrogens with zero attached hydrogens (tertiary/aromatic N) is 2. The molecule has 0 aliphatic carbocycles. The van der Waals surface area contributed by atoms with Crippen molar-refractivity contribution in [2.75, 3.05) is 0 Å². The molecule has 0 unspecified atom stereocenters. The molecular formula is C11H5Cl3N2O3. The van der Waals surface area contributed by atoms with Gasteiger partial charge in [-0.1, -0.05) is 34.8 Å². The molecule has 0 aliphatic rings. The van der Waals surface area contributed by atoms with E-state index in [9.17, 15) is 10.1 Å². The van der Waals surface area contributed by atoms with Gasteiger partial charge in [0, 0.05) is 24.4 Å². The van der Waals surface area contributed by atoms with Gasteiger partial charge in [-0.2, -0.15) is 0 Å². The second-order valence-corrected chi connectivity index (χ2v) is 4.69. The van der Waals surface area contributed by atoms with Crippen molar-refractivity contribution < 1.29 is 9.66 Å². The van der Waals surface area contributed by atoms with E-state index in [1.807, 2.05) is 0 Å². The predicted molar refractivity (Wildman–Crippen MR) is 72.4 cm³/mol. The Morgan fingerprint density at radius 2 is 1.74 bits per heavy atom. The lowest BCUT2D eigenvalue weighted by molar-refractivity contribution is -0.384. The number of hydrogen-bond acceptors (Lipinski definition) is 4. The number of rotatable bonds is 3. The first-order valence-electron chi connectivity index (χ1n) is 4.89. The number of aromatic nitrogens is 1. The van der Waals surface area contributed by atoms with Gasteiger partial charge < -0.3 is 4.74 Å². The van der Waals surface area contributed by atoms with E-state index < -0.39 is 4.92 Å². The summed E-state index contributed by atoms with van der Waals surface area (Å²) in [5.74, 6) is 0.433. The Labute approximate surface area is 122 Å². The minimum Gasteiger partial charge on any atom is -0.453 e. The summed E-state index contributed by atoms with van der Waals surface area (Å²) in [6, 6.07) is 3.82. The Kier molecular flexibility index (Phi) is 4.09. The molecule has 0 spiro atoms. The number of non-ortho nitro benzene ring substituents is 1. The van der Waals surface area contributed by atoms with Crippen LogP contribution in [0.1, 0.15) is 0 Å². The van der Waals surface area contributed by atoms with Crippen LogP contribution in [0, 0.1) is 10.1 Å². The Morgan fingerprint density at radius 3 is 2.26 bits per heavy atom. The largest absolute Gasteiger partial charge is 0.453 e. The summed E-state index contributed by atoms with van der Waals surface area (Å²) in [5.41, 5.74) is -0.216. The minimum absolute atomic E-state index is 0.0270. The Balaban J connectivity index is 2.38. The monoisotopic (exact) mass is 318 g/mol. The maximum Gasteiger partial charge on any atom is 0.272 e. The van der Waals surface area contributed by atoms with E-state index in [4.69, 9.17) is 39.5 Å². The summed E-state index contributed by atoms with van der Waals surface area (Å²) < 4.78 is 5.42. The molecule has 5 nitrogen and oxygen atoms in total. The quantitative estimate of drug-likeness (QED) is 0.605. The van der Waals surface area contributed by atoms with Crippen molar-refractivity contribution in [3.05, 3.63) is 55.8 Å². The Bertz CT molecular complexity index is 626. The molecule has 8 heteroatoms. The molecule has 1 aromatic carbocycles. The molecule has 0 fully saturated rings. The summed E-state index contributed by atoms with van der Waals surface area (Å²) in [6.45, 7) is 0. The lowest BCUT2D eigenvalue weighted by Gasteiger charge is -2.09. The zero-order valence-electron chi connectivity index (χ0n) is 9.14. The standard InChI is InChI=1S/C11H5Cl3N2O3/c12-6-1-8(5-15-4-6)19-11-9(13)2-7(16(17)18)3-10(11)14/h1-5H. The molecule has 2 aromatic rings. The highest BCUT2D eigenvalue weighted by molar-refractivity contribution is 6.37. The number of pyridine rings is 1. The van der Waals surface area contributed by atoms with Crippen molar-refractivity contribution in [1.29, 1.82) is 0 Å². The van der Waals surface area contributed by atoms with E-state index in [-0.39, 0.29) is 21.5 Å². The van der Waals surface area contributed by atoms with Crippen LogP contribution in [-0.2, 0) is 0 Å². The van der Waals surface area contributed by atoms with Gasteiger partial charge in [-0.05, 0) is 0 Å². The molecule has 0 radical (unpaired) electrons. The number of benzene rings is 1. The second kappa shape index (κ2) is 5.61. The molecule has 1 aromatic heterocycles. The Hall–Kier alpha value is -1.56. The fourth-order valence-corrected chi connectivity index (χ4v) is 2.03. The predicted octanol–water partition coefficient (Wildman–Crippen LogP) is 4.74. The molecule has 0 atom stereocenters. The third-order valence-electron chi connectivity index (χ3n) is 2.09. The number of hydrogen-bond donors (Lipinski definition) is 0. The van der Waals surface area contributed by atoms with Crippen molar-refractivity contribution in [2.45, 2.75) is 0 Å². The molecule has 0 amide bonds. The summed E-state index contributed by atoms with van der Waals surface area (Å²) in [5, 5.41) is 11.1. The van der Waals surface area contributed by atoms with Crippen LogP contribution in [0.3, 0.4) is 0 Å². The van der Waals surface area contributed by atoms with Crippen molar-refractivity contribution in [3.8, 4) is 11.5 Å². The van der Waals surface area contributed by atoms with E-state index in [2.05, 4.69) is 4.98 Å².